The first-order valence-corrected chi connectivity index (χ1v) is 7.78. The molecule has 0 saturated heterocycles. The molecule has 1 saturated carbocycles. The van der Waals surface area contributed by atoms with Crippen LogP contribution in [0.15, 0.2) is 0 Å². The predicted molar refractivity (Wildman–Crippen MR) is 78.0 cm³/mol. The van der Waals surface area contributed by atoms with Crippen molar-refractivity contribution in [2.75, 3.05) is 5.32 Å². The van der Waals surface area contributed by atoms with Gasteiger partial charge in [0.25, 0.3) is 0 Å². The normalized spacial score (nSPS) is 23.6. The average molecular weight is 282 g/mol. The van der Waals surface area contributed by atoms with Gasteiger partial charge in [0.05, 0.1) is 0 Å². The first-order chi connectivity index (χ1) is 8.99. The number of nitrogens with one attached hydrogen (secondary N) is 1. The maximum absolute atomic E-state index is 11.0. The quantitative estimate of drug-likeness (QED) is 0.882. The van der Waals surface area contributed by atoms with Crippen molar-refractivity contribution in [1.82, 2.24) is 4.98 Å². The van der Waals surface area contributed by atoms with Crippen molar-refractivity contribution in [2.45, 2.75) is 52.5 Å². The van der Waals surface area contributed by atoms with E-state index in [2.05, 4.69) is 24.1 Å². The molecule has 1 aromatic heterocycles. The van der Waals surface area contributed by atoms with E-state index in [1.807, 2.05) is 6.92 Å². The fourth-order valence-electron chi connectivity index (χ4n) is 2.95. The van der Waals surface area contributed by atoms with Gasteiger partial charge in [0.2, 0.25) is 0 Å². The Balaban J connectivity index is 2.10. The number of aryl methyl sites for hydroxylation is 1. The Bertz CT molecular complexity index is 456. The van der Waals surface area contributed by atoms with Crippen LogP contribution < -0.4 is 5.32 Å². The lowest BCUT2D eigenvalue weighted by molar-refractivity contribution is 0.0690. The van der Waals surface area contributed by atoms with Crippen molar-refractivity contribution in [3.8, 4) is 0 Å². The van der Waals surface area contributed by atoms with Crippen molar-refractivity contribution in [3.05, 3.63) is 10.6 Å². The Morgan fingerprint density at radius 3 is 2.68 bits per heavy atom. The van der Waals surface area contributed by atoms with Crippen LogP contribution in [0.4, 0.5) is 5.13 Å². The Hall–Kier alpha value is -1.10. The van der Waals surface area contributed by atoms with E-state index in [9.17, 15) is 4.79 Å². The lowest BCUT2D eigenvalue weighted by Crippen LogP contribution is -2.35. The van der Waals surface area contributed by atoms with Crippen LogP contribution in [0.1, 0.15) is 54.9 Å². The van der Waals surface area contributed by atoms with Crippen LogP contribution in [0.2, 0.25) is 0 Å². The molecule has 2 N–H and O–H groups in total. The summed E-state index contributed by atoms with van der Waals surface area (Å²) < 4.78 is 0. The summed E-state index contributed by atoms with van der Waals surface area (Å²) in [5.41, 5.74) is 0.185. The molecular formula is C14H22N2O2S. The SMILES string of the molecule is Cc1sc(NC2CCCCC2C(C)C)nc1C(=O)O. The van der Waals surface area contributed by atoms with Crippen LogP contribution in [0.3, 0.4) is 0 Å². The van der Waals surface area contributed by atoms with Crippen molar-refractivity contribution >= 4 is 22.4 Å². The second-order valence-electron chi connectivity index (χ2n) is 5.67. The van der Waals surface area contributed by atoms with Gasteiger partial charge < -0.3 is 10.4 Å². The highest BCUT2D eigenvalue weighted by Crippen LogP contribution is 2.33. The number of hydrogen-bond acceptors (Lipinski definition) is 4. The number of aromatic carboxylic acids is 1. The van der Waals surface area contributed by atoms with E-state index >= 15 is 0 Å². The summed E-state index contributed by atoms with van der Waals surface area (Å²) in [6.07, 6.45) is 4.96. The molecule has 0 spiro atoms. The third-order valence-corrected chi connectivity index (χ3v) is 4.89. The monoisotopic (exact) mass is 282 g/mol. The summed E-state index contributed by atoms with van der Waals surface area (Å²) in [5, 5.41) is 13.3. The zero-order valence-corrected chi connectivity index (χ0v) is 12.6. The van der Waals surface area contributed by atoms with E-state index < -0.39 is 5.97 Å². The lowest BCUT2D eigenvalue weighted by atomic mass is 9.78. The molecule has 1 aliphatic rings. The van der Waals surface area contributed by atoms with Crippen LogP contribution in [-0.2, 0) is 0 Å². The van der Waals surface area contributed by atoms with E-state index in [0.29, 0.717) is 17.9 Å². The molecule has 2 unspecified atom stereocenters. The third kappa shape index (κ3) is 3.26. The molecule has 0 aliphatic heterocycles. The van der Waals surface area contributed by atoms with Crippen LogP contribution >= 0.6 is 11.3 Å². The van der Waals surface area contributed by atoms with Crippen LogP contribution in [0.25, 0.3) is 0 Å². The molecule has 0 radical (unpaired) electrons. The van der Waals surface area contributed by atoms with Gasteiger partial charge in [-0.1, -0.05) is 26.7 Å². The molecule has 19 heavy (non-hydrogen) atoms. The number of carboxylic acid groups (broad SMARTS) is 1. The van der Waals surface area contributed by atoms with Crippen LogP contribution in [0.5, 0.6) is 0 Å². The van der Waals surface area contributed by atoms with Gasteiger partial charge in [0.15, 0.2) is 10.8 Å². The van der Waals surface area contributed by atoms with Gasteiger partial charge in [-0.15, -0.1) is 11.3 Å². The Kier molecular flexibility index (Phi) is 4.45. The predicted octanol–water partition coefficient (Wildman–Crippen LogP) is 3.78. The largest absolute Gasteiger partial charge is 0.476 e. The second-order valence-corrected chi connectivity index (χ2v) is 6.88. The van der Waals surface area contributed by atoms with E-state index in [1.165, 1.54) is 30.6 Å². The number of rotatable bonds is 4. The second kappa shape index (κ2) is 5.90. The molecular weight excluding hydrogens is 260 g/mol. The number of nitrogens with zero attached hydrogens (tertiary/aromatic N) is 1. The molecule has 1 aliphatic carbocycles. The van der Waals surface area contributed by atoms with Crippen molar-refractivity contribution < 1.29 is 9.90 Å². The van der Waals surface area contributed by atoms with Gasteiger partial charge in [0.1, 0.15) is 0 Å². The number of anilines is 1. The summed E-state index contributed by atoms with van der Waals surface area (Å²) in [6, 6.07) is 0.431. The minimum absolute atomic E-state index is 0.185. The zero-order chi connectivity index (χ0) is 14.0. The van der Waals surface area contributed by atoms with E-state index in [-0.39, 0.29) is 5.69 Å². The zero-order valence-electron chi connectivity index (χ0n) is 11.8. The molecule has 4 nitrogen and oxygen atoms in total. The highest BCUT2D eigenvalue weighted by atomic mass is 32.1. The number of carboxylic acids is 1. The topological polar surface area (TPSA) is 62.2 Å². The molecule has 0 amide bonds. The summed E-state index contributed by atoms with van der Waals surface area (Å²) >= 11 is 1.45. The molecule has 5 heteroatoms. The standard InChI is InChI=1S/C14H22N2O2S/c1-8(2)10-6-4-5-7-11(10)15-14-16-12(13(17)18)9(3)19-14/h8,10-11H,4-7H2,1-3H3,(H,15,16)(H,17,18). The fraction of sp³-hybridized carbons (Fsp3) is 0.714. The Morgan fingerprint density at radius 1 is 1.42 bits per heavy atom. The third-order valence-electron chi connectivity index (χ3n) is 3.98. The lowest BCUT2D eigenvalue weighted by Gasteiger charge is -2.34. The highest BCUT2D eigenvalue weighted by molar-refractivity contribution is 7.15. The van der Waals surface area contributed by atoms with E-state index in [1.54, 1.807) is 0 Å². The number of thiazole rings is 1. The molecule has 0 bridgehead atoms. The molecule has 2 rings (SSSR count). The maximum atomic E-state index is 11.0. The summed E-state index contributed by atoms with van der Waals surface area (Å²) in [6.45, 7) is 6.34. The average Bonchev–Trinajstić information content (AvgIpc) is 2.71. The number of aromatic nitrogens is 1. The molecule has 106 valence electrons. The minimum Gasteiger partial charge on any atom is -0.476 e. The highest BCUT2D eigenvalue weighted by Gasteiger charge is 2.28. The summed E-state index contributed by atoms with van der Waals surface area (Å²) in [7, 11) is 0. The van der Waals surface area contributed by atoms with E-state index in [4.69, 9.17) is 5.11 Å². The Morgan fingerprint density at radius 2 is 2.11 bits per heavy atom. The van der Waals surface area contributed by atoms with Gasteiger partial charge in [-0.05, 0) is 31.6 Å². The van der Waals surface area contributed by atoms with Crippen molar-refractivity contribution in [2.24, 2.45) is 11.8 Å². The summed E-state index contributed by atoms with van der Waals surface area (Å²) in [4.78, 5) is 16.0. The van der Waals surface area contributed by atoms with Gasteiger partial charge >= 0.3 is 5.97 Å². The first-order valence-electron chi connectivity index (χ1n) is 6.96. The van der Waals surface area contributed by atoms with Gasteiger partial charge in [-0.3, -0.25) is 0 Å². The van der Waals surface area contributed by atoms with Gasteiger partial charge in [-0.2, -0.15) is 0 Å². The summed E-state index contributed by atoms with van der Waals surface area (Å²) in [5.74, 6) is 0.370. The fourth-order valence-corrected chi connectivity index (χ4v) is 3.82. The van der Waals surface area contributed by atoms with Crippen LogP contribution in [-0.4, -0.2) is 22.1 Å². The molecule has 1 aromatic rings. The van der Waals surface area contributed by atoms with Crippen molar-refractivity contribution in [3.63, 3.8) is 0 Å². The van der Waals surface area contributed by atoms with Gasteiger partial charge in [0, 0.05) is 10.9 Å². The van der Waals surface area contributed by atoms with Gasteiger partial charge in [-0.25, -0.2) is 9.78 Å². The Labute approximate surface area is 118 Å². The number of carbonyl (C=O) groups is 1. The molecule has 2 atom stereocenters. The van der Waals surface area contributed by atoms with Crippen LogP contribution in [0, 0.1) is 18.8 Å². The van der Waals surface area contributed by atoms with E-state index in [0.717, 1.165) is 16.4 Å². The number of hydrogen-bond donors (Lipinski definition) is 2. The first kappa shape index (κ1) is 14.3. The molecule has 1 heterocycles. The van der Waals surface area contributed by atoms with Crippen molar-refractivity contribution in [1.29, 1.82) is 0 Å². The molecule has 1 fully saturated rings. The smallest absolute Gasteiger partial charge is 0.355 e. The maximum Gasteiger partial charge on any atom is 0.355 e. The minimum atomic E-state index is -0.939. The molecule has 0 aromatic carbocycles.